The molecule has 7 nitrogen and oxygen atoms in total. The van der Waals surface area contributed by atoms with E-state index in [1.807, 2.05) is 6.92 Å². The van der Waals surface area contributed by atoms with Crippen LogP contribution < -0.4 is 5.43 Å². The van der Waals surface area contributed by atoms with Gasteiger partial charge >= 0.3 is 5.97 Å². The lowest BCUT2D eigenvalue weighted by molar-refractivity contribution is -0.147. The third-order valence-electron chi connectivity index (χ3n) is 4.52. The second-order valence-electron chi connectivity index (χ2n) is 6.75. The molecule has 0 aromatic heterocycles. The first-order valence-electron chi connectivity index (χ1n) is 8.97. The number of aryl methyl sites for hydroxylation is 1. The number of halogens is 1. The van der Waals surface area contributed by atoms with E-state index in [0.29, 0.717) is 16.1 Å². The van der Waals surface area contributed by atoms with Gasteiger partial charge in [-0.25, -0.2) is 0 Å². The zero-order valence-electron chi connectivity index (χ0n) is 15.7. The fourth-order valence-electron chi connectivity index (χ4n) is 2.84. The molecule has 2 aromatic carbocycles. The van der Waals surface area contributed by atoms with Crippen LogP contribution in [0, 0.1) is 12.8 Å². The average Bonchev–Trinajstić information content (AvgIpc) is 3.07. The van der Waals surface area contributed by atoms with Crippen molar-refractivity contribution in [2.45, 2.75) is 13.3 Å². The van der Waals surface area contributed by atoms with E-state index in [4.69, 9.17) is 16.3 Å². The summed E-state index contributed by atoms with van der Waals surface area (Å²) in [5.41, 5.74) is 4.27. The Bertz CT molecular complexity index is 941. The minimum atomic E-state index is -0.751. The van der Waals surface area contributed by atoms with Gasteiger partial charge in [0.05, 0.1) is 12.5 Å². The number of esters is 1. The number of hydrazine groups is 1. The van der Waals surface area contributed by atoms with Crippen molar-refractivity contribution in [3.63, 3.8) is 0 Å². The third kappa shape index (κ3) is 5.20. The van der Waals surface area contributed by atoms with Gasteiger partial charge in [-0.05, 0) is 31.2 Å². The molecular formula is C21H19ClN2O5. The number of hydrogen-bond donors (Lipinski definition) is 1. The van der Waals surface area contributed by atoms with Gasteiger partial charge in [0, 0.05) is 22.6 Å². The van der Waals surface area contributed by atoms with Gasteiger partial charge in [-0.2, -0.15) is 0 Å². The average molecular weight is 415 g/mol. The first-order chi connectivity index (χ1) is 13.8. The summed E-state index contributed by atoms with van der Waals surface area (Å²) >= 11 is 5.79. The standard InChI is InChI=1S/C21H19ClN2O5/c1-13-2-4-14(5-3-13)18(25)12-29-21(28)16-10-19(26)24(11-16)23-20(27)15-6-8-17(22)9-7-15/h2-9,16H,10-12H2,1H3,(H,23,27)/t16-/m1/s1. The second kappa shape index (κ2) is 8.87. The fraction of sp³-hybridized carbons (Fsp3) is 0.238. The number of benzene rings is 2. The van der Waals surface area contributed by atoms with E-state index < -0.39 is 30.3 Å². The van der Waals surface area contributed by atoms with Crippen LogP contribution in [0.4, 0.5) is 0 Å². The molecule has 150 valence electrons. The van der Waals surface area contributed by atoms with E-state index in [-0.39, 0.29) is 18.7 Å². The molecule has 1 N–H and O–H groups in total. The highest BCUT2D eigenvalue weighted by Crippen LogP contribution is 2.18. The monoisotopic (exact) mass is 414 g/mol. The van der Waals surface area contributed by atoms with E-state index in [1.165, 1.54) is 12.1 Å². The van der Waals surface area contributed by atoms with Gasteiger partial charge in [0.2, 0.25) is 5.91 Å². The summed E-state index contributed by atoms with van der Waals surface area (Å²) in [4.78, 5) is 48.7. The Balaban J connectivity index is 1.51. The van der Waals surface area contributed by atoms with Gasteiger partial charge in [0.25, 0.3) is 5.91 Å². The Morgan fingerprint density at radius 2 is 1.69 bits per heavy atom. The molecule has 29 heavy (non-hydrogen) atoms. The predicted molar refractivity (Wildman–Crippen MR) is 105 cm³/mol. The highest BCUT2D eigenvalue weighted by molar-refractivity contribution is 6.30. The number of hydrogen-bond acceptors (Lipinski definition) is 5. The van der Waals surface area contributed by atoms with Crippen molar-refractivity contribution in [2.24, 2.45) is 5.92 Å². The maximum atomic E-state index is 12.2. The summed E-state index contributed by atoms with van der Waals surface area (Å²) in [6, 6.07) is 13.1. The smallest absolute Gasteiger partial charge is 0.311 e. The molecule has 0 aliphatic carbocycles. The van der Waals surface area contributed by atoms with Crippen LogP contribution in [0.3, 0.4) is 0 Å². The van der Waals surface area contributed by atoms with Crippen LogP contribution in [0.2, 0.25) is 5.02 Å². The molecule has 8 heteroatoms. The van der Waals surface area contributed by atoms with Gasteiger partial charge in [0.15, 0.2) is 12.4 Å². The highest BCUT2D eigenvalue weighted by Gasteiger charge is 2.36. The highest BCUT2D eigenvalue weighted by atomic mass is 35.5. The number of Topliss-reactive ketones (excluding diaryl/α,β-unsaturated/α-hetero) is 1. The molecule has 1 heterocycles. The summed E-state index contributed by atoms with van der Waals surface area (Å²) in [7, 11) is 0. The van der Waals surface area contributed by atoms with Crippen molar-refractivity contribution in [1.82, 2.24) is 10.4 Å². The minimum absolute atomic E-state index is 0.0181. The second-order valence-corrected chi connectivity index (χ2v) is 7.19. The maximum absolute atomic E-state index is 12.2. The van der Waals surface area contributed by atoms with Gasteiger partial charge in [0.1, 0.15) is 0 Å². The van der Waals surface area contributed by atoms with Gasteiger partial charge in [-0.3, -0.25) is 29.6 Å². The van der Waals surface area contributed by atoms with Gasteiger partial charge in [-0.1, -0.05) is 41.4 Å². The van der Waals surface area contributed by atoms with Crippen LogP contribution in [-0.4, -0.2) is 41.7 Å². The normalized spacial score (nSPS) is 15.9. The Morgan fingerprint density at radius 3 is 2.34 bits per heavy atom. The van der Waals surface area contributed by atoms with E-state index in [0.717, 1.165) is 10.6 Å². The van der Waals surface area contributed by atoms with Crippen molar-refractivity contribution in [1.29, 1.82) is 0 Å². The number of amides is 2. The molecule has 1 atom stereocenters. The van der Waals surface area contributed by atoms with Crippen molar-refractivity contribution in [3.05, 3.63) is 70.2 Å². The number of nitrogens with one attached hydrogen (secondary N) is 1. The summed E-state index contributed by atoms with van der Waals surface area (Å²) in [6.07, 6.45) is -0.0988. The number of carbonyl (C=O) groups is 4. The van der Waals surface area contributed by atoms with Crippen LogP contribution in [0.15, 0.2) is 48.5 Å². The first-order valence-corrected chi connectivity index (χ1v) is 9.34. The molecule has 0 spiro atoms. The van der Waals surface area contributed by atoms with E-state index >= 15 is 0 Å². The number of ketones is 1. The molecule has 1 saturated heterocycles. The quantitative estimate of drug-likeness (QED) is 0.579. The molecule has 3 rings (SSSR count). The van der Waals surface area contributed by atoms with Crippen LogP contribution in [-0.2, 0) is 14.3 Å². The van der Waals surface area contributed by atoms with Crippen LogP contribution in [0.25, 0.3) is 0 Å². The zero-order chi connectivity index (χ0) is 21.0. The SMILES string of the molecule is Cc1ccc(C(=O)COC(=O)[C@@H]2CC(=O)N(NC(=O)c3ccc(Cl)cc3)C2)cc1. The van der Waals surface area contributed by atoms with Crippen molar-refractivity contribution < 1.29 is 23.9 Å². The summed E-state index contributed by atoms with van der Waals surface area (Å²) in [5.74, 6) is -2.62. The van der Waals surface area contributed by atoms with Crippen molar-refractivity contribution in [3.8, 4) is 0 Å². The summed E-state index contributed by atoms with van der Waals surface area (Å²) in [5, 5.41) is 1.58. The largest absolute Gasteiger partial charge is 0.457 e. The van der Waals surface area contributed by atoms with Gasteiger partial charge in [-0.15, -0.1) is 0 Å². The van der Waals surface area contributed by atoms with Crippen molar-refractivity contribution in [2.75, 3.05) is 13.2 Å². The fourth-order valence-corrected chi connectivity index (χ4v) is 2.97. The summed E-state index contributed by atoms with van der Waals surface area (Å²) < 4.78 is 5.08. The predicted octanol–water partition coefficient (Wildman–Crippen LogP) is 2.57. The van der Waals surface area contributed by atoms with Crippen LogP contribution in [0.1, 0.15) is 32.7 Å². The van der Waals surface area contributed by atoms with Crippen LogP contribution >= 0.6 is 11.6 Å². The number of ether oxygens (including phenoxy) is 1. The molecule has 0 bridgehead atoms. The topological polar surface area (TPSA) is 92.8 Å². The van der Waals surface area contributed by atoms with Crippen LogP contribution in [0.5, 0.6) is 0 Å². The maximum Gasteiger partial charge on any atom is 0.311 e. The minimum Gasteiger partial charge on any atom is -0.457 e. The molecule has 1 fully saturated rings. The third-order valence-corrected chi connectivity index (χ3v) is 4.77. The molecule has 2 aromatic rings. The molecular weight excluding hydrogens is 396 g/mol. The Labute approximate surface area is 172 Å². The van der Waals surface area contributed by atoms with E-state index in [9.17, 15) is 19.2 Å². The van der Waals surface area contributed by atoms with Crippen molar-refractivity contribution >= 4 is 35.2 Å². The van der Waals surface area contributed by atoms with E-state index in [1.54, 1.807) is 36.4 Å². The Kier molecular flexibility index (Phi) is 6.29. The van der Waals surface area contributed by atoms with Gasteiger partial charge < -0.3 is 4.74 Å². The number of nitrogens with zero attached hydrogens (tertiary/aromatic N) is 1. The number of carbonyl (C=O) groups excluding carboxylic acids is 4. The first kappa shape index (κ1) is 20.5. The lowest BCUT2D eigenvalue weighted by Gasteiger charge is -2.17. The lowest BCUT2D eigenvalue weighted by Crippen LogP contribution is -2.43. The molecule has 2 amide bonds. The Hall–Kier alpha value is -3.19. The molecule has 0 unspecified atom stereocenters. The molecule has 0 radical (unpaired) electrons. The molecule has 1 aliphatic rings. The lowest BCUT2D eigenvalue weighted by atomic mass is 10.1. The molecule has 0 saturated carbocycles. The number of rotatable bonds is 6. The molecule has 1 aliphatic heterocycles. The Morgan fingerprint density at radius 1 is 1.07 bits per heavy atom. The van der Waals surface area contributed by atoms with E-state index in [2.05, 4.69) is 5.43 Å². The summed E-state index contributed by atoms with van der Waals surface area (Å²) in [6.45, 7) is 1.49. The zero-order valence-corrected chi connectivity index (χ0v) is 16.4.